The highest BCUT2D eigenvalue weighted by Gasteiger charge is 2.45. The number of rotatable bonds is 4. The van der Waals surface area contributed by atoms with E-state index in [4.69, 9.17) is 11.5 Å². The van der Waals surface area contributed by atoms with Gasteiger partial charge in [0.25, 0.3) is 0 Å². The van der Waals surface area contributed by atoms with E-state index in [0.717, 1.165) is 0 Å². The van der Waals surface area contributed by atoms with Gasteiger partial charge in [-0.25, -0.2) is 0 Å². The van der Waals surface area contributed by atoms with Crippen LogP contribution in [0, 0.1) is 18.3 Å². The minimum absolute atomic E-state index is 0.333. The van der Waals surface area contributed by atoms with Crippen LogP contribution in [0.3, 0.4) is 0 Å². The van der Waals surface area contributed by atoms with Gasteiger partial charge in [-0.3, -0.25) is 4.79 Å². The molecule has 0 saturated carbocycles. The van der Waals surface area contributed by atoms with Gasteiger partial charge < -0.3 is 9.84 Å². The number of alkyl halides is 3. The van der Waals surface area contributed by atoms with Crippen LogP contribution in [0.2, 0.25) is 0 Å². The van der Waals surface area contributed by atoms with Crippen molar-refractivity contribution in [1.29, 1.82) is 0 Å². The number of terminal acetylenes is 1. The molecule has 0 saturated heterocycles. The molecule has 0 fully saturated rings. The molecule has 0 amide bonds. The van der Waals surface area contributed by atoms with Crippen molar-refractivity contribution in [2.24, 2.45) is 5.92 Å². The van der Waals surface area contributed by atoms with Crippen molar-refractivity contribution < 1.29 is 27.8 Å². The van der Waals surface area contributed by atoms with E-state index in [9.17, 15) is 18.0 Å². The second-order valence-electron chi connectivity index (χ2n) is 2.15. The molecule has 0 aromatic rings. The Kier molecular flexibility index (Phi) is 4.28. The molecule has 3 nitrogen and oxygen atoms in total. The Morgan fingerprint density at radius 3 is 2.46 bits per heavy atom. The highest BCUT2D eigenvalue weighted by Crippen LogP contribution is 2.26. The van der Waals surface area contributed by atoms with Crippen molar-refractivity contribution in [1.82, 2.24) is 0 Å². The first-order valence-corrected chi connectivity index (χ1v) is 3.20. The Morgan fingerprint density at radius 1 is 1.62 bits per heavy atom. The smallest absolute Gasteiger partial charge is 0.404 e. The van der Waals surface area contributed by atoms with Crippen LogP contribution in [0.15, 0.2) is 0 Å². The van der Waals surface area contributed by atoms with Gasteiger partial charge in [-0.15, -0.1) is 6.42 Å². The Bertz CT molecular complexity index is 216. The zero-order valence-electron chi connectivity index (χ0n) is 6.47. The summed E-state index contributed by atoms with van der Waals surface area (Å²) >= 11 is 0. The number of halogens is 3. The van der Waals surface area contributed by atoms with Gasteiger partial charge in [0.2, 0.25) is 0 Å². The standard InChI is InChI=1S/C7H7F3O3/c1-2-3-13-4-5(6(11)12)7(8,9)10/h1,5H,3-4H2,(H,11,12). The van der Waals surface area contributed by atoms with Crippen LogP contribution in [0.5, 0.6) is 0 Å². The van der Waals surface area contributed by atoms with E-state index in [0.29, 0.717) is 0 Å². The first-order valence-electron chi connectivity index (χ1n) is 3.20. The predicted molar refractivity (Wildman–Crippen MR) is 36.8 cm³/mol. The van der Waals surface area contributed by atoms with Gasteiger partial charge in [0.15, 0.2) is 5.92 Å². The summed E-state index contributed by atoms with van der Waals surface area (Å²) < 4.78 is 40.0. The molecule has 0 heterocycles. The molecule has 74 valence electrons. The summed E-state index contributed by atoms with van der Waals surface area (Å²) in [4.78, 5) is 10.1. The maximum absolute atomic E-state index is 11.9. The zero-order valence-corrected chi connectivity index (χ0v) is 6.47. The Balaban J connectivity index is 4.14. The van der Waals surface area contributed by atoms with Gasteiger partial charge >= 0.3 is 12.1 Å². The van der Waals surface area contributed by atoms with Gasteiger partial charge in [-0.1, -0.05) is 5.92 Å². The topological polar surface area (TPSA) is 46.5 Å². The van der Waals surface area contributed by atoms with Gasteiger partial charge in [-0.05, 0) is 0 Å². The van der Waals surface area contributed by atoms with Crippen LogP contribution in [-0.4, -0.2) is 30.5 Å². The lowest BCUT2D eigenvalue weighted by molar-refractivity contribution is -0.202. The van der Waals surface area contributed by atoms with Crippen molar-refractivity contribution in [3.63, 3.8) is 0 Å². The quantitative estimate of drug-likeness (QED) is 0.536. The van der Waals surface area contributed by atoms with Crippen LogP contribution < -0.4 is 0 Å². The normalized spacial score (nSPS) is 13.4. The minimum Gasteiger partial charge on any atom is -0.481 e. The average molecular weight is 196 g/mol. The summed E-state index contributed by atoms with van der Waals surface area (Å²) in [6, 6.07) is 0. The minimum atomic E-state index is -4.81. The Hall–Kier alpha value is -1.22. The summed E-state index contributed by atoms with van der Waals surface area (Å²) in [6.45, 7) is -1.29. The molecule has 0 aliphatic heterocycles. The number of carbonyl (C=O) groups is 1. The summed E-state index contributed by atoms with van der Waals surface area (Å²) in [5.74, 6) is -2.55. The van der Waals surface area contributed by atoms with Gasteiger partial charge in [-0.2, -0.15) is 13.2 Å². The predicted octanol–water partition coefficient (Wildman–Crippen LogP) is 0.899. The number of carboxylic acid groups (broad SMARTS) is 1. The largest absolute Gasteiger partial charge is 0.481 e. The van der Waals surface area contributed by atoms with Gasteiger partial charge in [0.1, 0.15) is 6.61 Å². The summed E-state index contributed by atoms with van der Waals surface area (Å²) in [5, 5.41) is 8.16. The molecule has 6 heteroatoms. The van der Waals surface area contributed by atoms with Crippen LogP contribution in [0.25, 0.3) is 0 Å². The molecule has 0 spiro atoms. The van der Waals surface area contributed by atoms with Crippen LogP contribution in [-0.2, 0) is 9.53 Å². The third-order valence-corrected chi connectivity index (χ3v) is 1.16. The van der Waals surface area contributed by atoms with Crippen molar-refractivity contribution in [3.05, 3.63) is 0 Å². The lowest BCUT2D eigenvalue weighted by Gasteiger charge is -2.14. The van der Waals surface area contributed by atoms with Crippen molar-refractivity contribution >= 4 is 5.97 Å². The fourth-order valence-corrected chi connectivity index (χ4v) is 0.541. The number of hydrogen-bond donors (Lipinski definition) is 1. The third-order valence-electron chi connectivity index (χ3n) is 1.16. The van der Waals surface area contributed by atoms with E-state index >= 15 is 0 Å². The fourth-order valence-electron chi connectivity index (χ4n) is 0.541. The third kappa shape index (κ3) is 4.38. The molecule has 0 aromatic carbocycles. The van der Waals surface area contributed by atoms with Gasteiger partial charge in [0, 0.05) is 0 Å². The van der Waals surface area contributed by atoms with Crippen LogP contribution in [0.1, 0.15) is 0 Å². The molecule has 1 unspecified atom stereocenters. The van der Waals surface area contributed by atoms with E-state index in [1.807, 2.05) is 5.92 Å². The zero-order chi connectivity index (χ0) is 10.5. The van der Waals surface area contributed by atoms with Crippen LogP contribution in [0.4, 0.5) is 13.2 Å². The molecular weight excluding hydrogens is 189 g/mol. The molecule has 0 aliphatic carbocycles. The second kappa shape index (κ2) is 4.72. The Morgan fingerprint density at radius 2 is 2.15 bits per heavy atom. The van der Waals surface area contributed by atoms with Crippen molar-refractivity contribution in [3.8, 4) is 12.3 Å². The molecule has 0 rings (SSSR count). The first kappa shape index (κ1) is 11.8. The summed E-state index contributed by atoms with van der Waals surface area (Å²) in [5.41, 5.74) is 0. The molecule has 0 aromatic heterocycles. The molecule has 1 N–H and O–H groups in total. The maximum Gasteiger partial charge on any atom is 0.404 e. The first-order chi connectivity index (χ1) is 5.89. The molecule has 0 aliphatic rings. The van der Waals surface area contributed by atoms with Crippen LogP contribution >= 0.6 is 0 Å². The van der Waals surface area contributed by atoms with E-state index < -0.39 is 24.7 Å². The molecule has 0 radical (unpaired) electrons. The summed E-state index contributed by atoms with van der Waals surface area (Å²) in [7, 11) is 0. The van der Waals surface area contributed by atoms with E-state index in [1.165, 1.54) is 0 Å². The lowest BCUT2D eigenvalue weighted by Crippen LogP contribution is -2.34. The monoisotopic (exact) mass is 196 g/mol. The molecule has 1 atom stereocenters. The maximum atomic E-state index is 11.9. The highest BCUT2D eigenvalue weighted by atomic mass is 19.4. The van der Waals surface area contributed by atoms with Gasteiger partial charge in [0.05, 0.1) is 6.61 Å². The molecule has 13 heavy (non-hydrogen) atoms. The number of carboxylic acids is 1. The Labute approximate surface area is 72.5 Å². The number of hydrogen-bond acceptors (Lipinski definition) is 2. The molecule has 0 bridgehead atoms. The van der Waals surface area contributed by atoms with E-state index in [-0.39, 0.29) is 6.61 Å². The number of aliphatic carboxylic acids is 1. The average Bonchev–Trinajstić information content (AvgIpc) is 1.94. The van der Waals surface area contributed by atoms with Crippen molar-refractivity contribution in [2.45, 2.75) is 6.18 Å². The SMILES string of the molecule is C#CCOCC(C(=O)O)C(F)(F)F. The molecular formula is C7H7F3O3. The number of ether oxygens (including phenoxy) is 1. The van der Waals surface area contributed by atoms with Crippen molar-refractivity contribution in [2.75, 3.05) is 13.2 Å². The summed E-state index contributed by atoms with van der Waals surface area (Å²) in [6.07, 6.45) is -0.109. The fraction of sp³-hybridized carbons (Fsp3) is 0.571. The van der Waals surface area contributed by atoms with E-state index in [2.05, 4.69) is 4.74 Å². The highest BCUT2D eigenvalue weighted by molar-refractivity contribution is 5.71. The second-order valence-corrected chi connectivity index (χ2v) is 2.15. The lowest BCUT2D eigenvalue weighted by atomic mass is 10.1. The van der Waals surface area contributed by atoms with E-state index in [1.54, 1.807) is 0 Å².